The van der Waals surface area contributed by atoms with Gasteiger partial charge in [-0.3, -0.25) is 0 Å². The van der Waals surface area contributed by atoms with E-state index < -0.39 is 5.97 Å². The molecule has 0 atom stereocenters. The highest BCUT2D eigenvalue weighted by molar-refractivity contribution is 5.93. The zero-order valence-corrected chi connectivity index (χ0v) is 12.3. The number of carboxylic acids is 1. The molecule has 1 aromatic rings. The highest BCUT2D eigenvalue weighted by Crippen LogP contribution is 2.37. The SMILES string of the molecule is O=C(O)c1cc2c(nc1N(CC1CC1)CC1CC1)CCC2. The molecule has 21 heavy (non-hydrogen) atoms. The van der Waals surface area contributed by atoms with E-state index in [1.165, 1.54) is 25.7 Å². The van der Waals surface area contributed by atoms with Gasteiger partial charge in [0, 0.05) is 18.8 Å². The van der Waals surface area contributed by atoms with Crippen LogP contribution in [0.15, 0.2) is 6.07 Å². The molecular weight excluding hydrogens is 264 g/mol. The summed E-state index contributed by atoms with van der Waals surface area (Å²) in [7, 11) is 0. The van der Waals surface area contributed by atoms with Crippen LogP contribution in [0.5, 0.6) is 0 Å². The van der Waals surface area contributed by atoms with Gasteiger partial charge in [-0.1, -0.05) is 0 Å². The summed E-state index contributed by atoms with van der Waals surface area (Å²) in [6.07, 6.45) is 8.24. The first-order valence-electron chi connectivity index (χ1n) is 8.21. The molecule has 3 aliphatic rings. The number of fused-ring (bicyclic) bond motifs is 1. The Morgan fingerprint density at radius 2 is 1.86 bits per heavy atom. The van der Waals surface area contributed by atoms with Gasteiger partial charge in [0.15, 0.2) is 0 Å². The van der Waals surface area contributed by atoms with Crippen molar-refractivity contribution in [1.29, 1.82) is 0 Å². The molecule has 1 N–H and O–H groups in total. The lowest BCUT2D eigenvalue weighted by Gasteiger charge is -2.26. The molecule has 0 amide bonds. The Hall–Kier alpha value is -1.58. The van der Waals surface area contributed by atoms with E-state index in [2.05, 4.69) is 4.90 Å². The molecule has 4 nitrogen and oxygen atoms in total. The molecule has 4 heteroatoms. The molecule has 0 radical (unpaired) electrons. The number of aryl methyl sites for hydroxylation is 2. The number of aromatic nitrogens is 1. The number of aromatic carboxylic acids is 1. The van der Waals surface area contributed by atoms with Gasteiger partial charge in [0.1, 0.15) is 11.4 Å². The smallest absolute Gasteiger partial charge is 0.339 e. The molecule has 1 heterocycles. The van der Waals surface area contributed by atoms with Crippen LogP contribution in [0.2, 0.25) is 0 Å². The topological polar surface area (TPSA) is 53.4 Å². The molecule has 0 spiro atoms. The first-order chi connectivity index (χ1) is 10.2. The Morgan fingerprint density at radius 3 is 2.43 bits per heavy atom. The van der Waals surface area contributed by atoms with E-state index in [9.17, 15) is 9.90 Å². The predicted octanol–water partition coefficient (Wildman–Crippen LogP) is 2.89. The first kappa shape index (κ1) is 13.1. The second-order valence-corrected chi connectivity index (χ2v) is 6.92. The number of nitrogens with zero attached hydrogens (tertiary/aromatic N) is 2. The number of carbonyl (C=O) groups is 1. The maximum absolute atomic E-state index is 11.7. The molecule has 0 unspecified atom stereocenters. The molecule has 112 valence electrons. The number of hydrogen-bond donors (Lipinski definition) is 1. The van der Waals surface area contributed by atoms with E-state index in [0.29, 0.717) is 5.56 Å². The summed E-state index contributed by atoms with van der Waals surface area (Å²) in [5, 5.41) is 9.58. The van der Waals surface area contributed by atoms with E-state index in [4.69, 9.17) is 4.98 Å². The zero-order chi connectivity index (χ0) is 14.4. The molecule has 0 bridgehead atoms. The summed E-state index contributed by atoms with van der Waals surface area (Å²) in [6.45, 7) is 1.98. The first-order valence-corrected chi connectivity index (χ1v) is 8.21. The van der Waals surface area contributed by atoms with Crippen molar-refractivity contribution in [2.75, 3.05) is 18.0 Å². The fraction of sp³-hybridized carbons (Fsp3) is 0.647. The van der Waals surface area contributed by atoms with Crippen LogP contribution in [0, 0.1) is 11.8 Å². The standard InChI is InChI=1S/C17H22N2O2/c20-17(21)14-8-13-2-1-3-15(13)18-16(14)19(9-11-4-5-11)10-12-6-7-12/h8,11-12H,1-7,9-10H2,(H,20,21). The van der Waals surface area contributed by atoms with Crippen LogP contribution in [-0.4, -0.2) is 29.1 Å². The van der Waals surface area contributed by atoms with Crippen LogP contribution in [0.3, 0.4) is 0 Å². The van der Waals surface area contributed by atoms with E-state index in [1.807, 2.05) is 6.07 Å². The third-order valence-electron chi connectivity index (χ3n) is 4.91. The fourth-order valence-electron chi connectivity index (χ4n) is 3.33. The molecule has 2 fully saturated rings. The van der Waals surface area contributed by atoms with Crippen molar-refractivity contribution in [1.82, 2.24) is 4.98 Å². The zero-order valence-electron chi connectivity index (χ0n) is 12.3. The molecule has 1 aromatic heterocycles. The third kappa shape index (κ3) is 2.76. The number of hydrogen-bond acceptors (Lipinski definition) is 3. The van der Waals surface area contributed by atoms with Crippen LogP contribution >= 0.6 is 0 Å². The van der Waals surface area contributed by atoms with Crippen LogP contribution in [0.25, 0.3) is 0 Å². The summed E-state index contributed by atoms with van der Waals surface area (Å²) in [6, 6.07) is 1.89. The molecule has 2 saturated carbocycles. The summed E-state index contributed by atoms with van der Waals surface area (Å²) < 4.78 is 0. The summed E-state index contributed by atoms with van der Waals surface area (Å²) >= 11 is 0. The van der Waals surface area contributed by atoms with Crippen molar-refractivity contribution < 1.29 is 9.90 Å². The number of pyridine rings is 1. The summed E-state index contributed by atoms with van der Waals surface area (Å²) in [5.74, 6) is 1.41. The molecule has 3 aliphatic carbocycles. The molecule has 0 aliphatic heterocycles. The normalized spacial score (nSPS) is 20.4. The summed E-state index contributed by atoms with van der Waals surface area (Å²) in [5.41, 5.74) is 2.69. The minimum absolute atomic E-state index is 0.414. The van der Waals surface area contributed by atoms with Crippen LogP contribution in [0.1, 0.15) is 53.7 Å². The number of rotatable bonds is 6. The van der Waals surface area contributed by atoms with E-state index in [-0.39, 0.29) is 0 Å². The lowest BCUT2D eigenvalue weighted by Crippen LogP contribution is -2.31. The second kappa shape index (κ2) is 5.00. The predicted molar refractivity (Wildman–Crippen MR) is 80.9 cm³/mol. The monoisotopic (exact) mass is 286 g/mol. The van der Waals surface area contributed by atoms with E-state index >= 15 is 0 Å². The quantitative estimate of drug-likeness (QED) is 0.873. The van der Waals surface area contributed by atoms with Crippen LogP contribution < -0.4 is 4.90 Å². The maximum Gasteiger partial charge on any atom is 0.339 e. The number of carboxylic acid groups (broad SMARTS) is 1. The van der Waals surface area contributed by atoms with Crippen molar-refractivity contribution >= 4 is 11.8 Å². The summed E-state index contributed by atoms with van der Waals surface area (Å²) in [4.78, 5) is 18.7. The van der Waals surface area contributed by atoms with E-state index in [0.717, 1.165) is 61.3 Å². The van der Waals surface area contributed by atoms with Gasteiger partial charge < -0.3 is 10.0 Å². The van der Waals surface area contributed by atoms with Gasteiger partial charge in [0.2, 0.25) is 0 Å². The minimum Gasteiger partial charge on any atom is -0.478 e. The van der Waals surface area contributed by atoms with Gasteiger partial charge in [0.05, 0.1) is 0 Å². The van der Waals surface area contributed by atoms with Crippen molar-refractivity contribution in [3.8, 4) is 0 Å². The molecule has 4 rings (SSSR count). The van der Waals surface area contributed by atoms with Crippen molar-refractivity contribution in [2.45, 2.75) is 44.9 Å². The van der Waals surface area contributed by atoms with Crippen LogP contribution in [-0.2, 0) is 12.8 Å². The maximum atomic E-state index is 11.7. The van der Waals surface area contributed by atoms with Gasteiger partial charge in [-0.05, 0) is 68.4 Å². The molecular formula is C17H22N2O2. The Morgan fingerprint density at radius 1 is 1.19 bits per heavy atom. The van der Waals surface area contributed by atoms with E-state index in [1.54, 1.807) is 0 Å². The fourth-order valence-corrected chi connectivity index (χ4v) is 3.33. The van der Waals surface area contributed by atoms with Crippen LogP contribution in [0.4, 0.5) is 5.82 Å². The average molecular weight is 286 g/mol. The van der Waals surface area contributed by atoms with Gasteiger partial charge >= 0.3 is 5.97 Å². The van der Waals surface area contributed by atoms with Gasteiger partial charge in [0.25, 0.3) is 0 Å². The average Bonchev–Trinajstić information content (AvgIpc) is 3.38. The molecule has 0 saturated heterocycles. The van der Waals surface area contributed by atoms with Gasteiger partial charge in [-0.2, -0.15) is 0 Å². The highest BCUT2D eigenvalue weighted by Gasteiger charge is 2.32. The molecule has 0 aromatic carbocycles. The van der Waals surface area contributed by atoms with Crippen molar-refractivity contribution in [3.05, 3.63) is 22.9 Å². The number of anilines is 1. The Labute approximate surface area is 125 Å². The highest BCUT2D eigenvalue weighted by atomic mass is 16.4. The lowest BCUT2D eigenvalue weighted by molar-refractivity contribution is 0.0697. The minimum atomic E-state index is -0.830. The third-order valence-corrected chi connectivity index (χ3v) is 4.91. The Bertz CT molecular complexity index is 562. The van der Waals surface area contributed by atoms with Gasteiger partial charge in [-0.25, -0.2) is 9.78 Å². The van der Waals surface area contributed by atoms with Crippen molar-refractivity contribution in [3.63, 3.8) is 0 Å². The lowest BCUT2D eigenvalue weighted by atomic mass is 10.1. The Balaban J connectivity index is 1.70. The van der Waals surface area contributed by atoms with Crippen molar-refractivity contribution in [2.24, 2.45) is 11.8 Å². The largest absolute Gasteiger partial charge is 0.478 e. The van der Waals surface area contributed by atoms with Gasteiger partial charge in [-0.15, -0.1) is 0 Å². The second-order valence-electron chi connectivity index (χ2n) is 6.92. The Kier molecular flexibility index (Phi) is 3.12.